The van der Waals surface area contributed by atoms with Gasteiger partial charge in [-0.2, -0.15) is 0 Å². The molecule has 0 radical (unpaired) electrons. The predicted molar refractivity (Wildman–Crippen MR) is 201 cm³/mol. The molecule has 0 saturated heterocycles. The number of benzene rings is 5. The molecular formula is C42H37BrN6. The van der Waals surface area contributed by atoms with Crippen molar-refractivity contribution < 1.29 is 0 Å². The fourth-order valence-corrected chi connectivity index (χ4v) is 7.09. The van der Waals surface area contributed by atoms with Crippen molar-refractivity contribution in [1.82, 2.24) is 25.2 Å². The third kappa shape index (κ3) is 6.30. The Morgan fingerprint density at radius 2 is 1.20 bits per heavy atom. The lowest BCUT2D eigenvalue weighted by Crippen LogP contribution is -2.39. The predicted octanol–water partition coefficient (Wildman–Crippen LogP) is 9.74. The number of aryl methyl sites for hydroxylation is 2. The highest BCUT2D eigenvalue weighted by Crippen LogP contribution is 2.40. The molecule has 0 atom stereocenters. The molecule has 0 spiro atoms. The normalized spacial score (nSPS) is 11.4. The number of pyridine rings is 1. The summed E-state index contributed by atoms with van der Waals surface area (Å²) < 4.78 is 1.04. The molecule has 0 aliphatic rings. The monoisotopic (exact) mass is 704 g/mol. The van der Waals surface area contributed by atoms with E-state index in [1.165, 1.54) is 5.56 Å². The number of hydrogen-bond acceptors (Lipinski definition) is 5. The molecule has 2 heterocycles. The van der Waals surface area contributed by atoms with Crippen molar-refractivity contribution in [2.45, 2.75) is 38.8 Å². The van der Waals surface area contributed by atoms with Gasteiger partial charge in [0, 0.05) is 17.8 Å². The van der Waals surface area contributed by atoms with Crippen molar-refractivity contribution in [1.29, 1.82) is 0 Å². The number of anilines is 1. The lowest BCUT2D eigenvalue weighted by Gasteiger charge is -2.34. The maximum atomic E-state index is 5.16. The lowest BCUT2D eigenvalue weighted by atomic mass is 9.77. The van der Waals surface area contributed by atoms with Crippen LogP contribution in [0.3, 0.4) is 0 Å². The molecule has 0 fully saturated rings. The fourth-order valence-electron chi connectivity index (χ4n) is 6.46. The number of hydrogen-bond donors (Lipinski definition) is 1. The highest BCUT2D eigenvalue weighted by atomic mass is 79.9. The van der Waals surface area contributed by atoms with Crippen LogP contribution in [0.4, 0.5) is 5.69 Å². The first-order chi connectivity index (χ1) is 24.1. The van der Waals surface area contributed by atoms with Crippen molar-refractivity contribution in [3.63, 3.8) is 0 Å². The molecule has 0 aliphatic carbocycles. The van der Waals surface area contributed by atoms with Crippen LogP contribution < -0.4 is 5.32 Å². The van der Waals surface area contributed by atoms with E-state index in [9.17, 15) is 0 Å². The Hall–Kier alpha value is -5.40. The van der Waals surface area contributed by atoms with Gasteiger partial charge in [-0.05, 0) is 73.4 Å². The minimum atomic E-state index is -0.835. The Labute approximate surface area is 296 Å². The summed E-state index contributed by atoms with van der Waals surface area (Å²) in [4.78, 5) is 6.54. The number of rotatable bonds is 11. The van der Waals surface area contributed by atoms with Crippen LogP contribution in [0.2, 0.25) is 0 Å². The maximum Gasteiger partial charge on any atom is 0.205 e. The highest BCUT2D eigenvalue weighted by molar-refractivity contribution is 9.10. The van der Waals surface area contributed by atoms with Gasteiger partial charge in [0.15, 0.2) is 5.54 Å². The van der Waals surface area contributed by atoms with Crippen LogP contribution >= 0.6 is 15.9 Å². The molecule has 0 amide bonds. The topological polar surface area (TPSA) is 68.5 Å². The van der Waals surface area contributed by atoms with Crippen LogP contribution in [0.25, 0.3) is 22.5 Å². The first-order valence-electron chi connectivity index (χ1n) is 16.7. The van der Waals surface area contributed by atoms with Gasteiger partial charge in [0.1, 0.15) is 0 Å². The van der Waals surface area contributed by atoms with Crippen LogP contribution in [0.1, 0.15) is 47.5 Å². The van der Waals surface area contributed by atoms with Gasteiger partial charge < -0.3 is 5.32 Å². The van der Waals surface area contributed by atoms with E-state index >= 15 is 0 Å². The Kier molecular flexibility index (Phi) is 9.44. The maximum absolute atomic E-state index is 5.16. The average Bonchev–Trinajstić information content (AvgIpc) is 3.67. The molecule has 0 aliphatic heterocycles. The zero-order valence-electron chi connectivity index (χ0n) is 27.6. The summed E-state index contributed by atoms with van der Waals surface area (Å²) in [5, 5.41) is 18.3. The quantitative estimate of drug-likeness (QED) is 0.136. The molecule has 6 nitrogen and oxygen atoms in total. The van der Waals surface area contributed by atoms with Gasteiger partial charge in [-0.3, -0.25) is 4.98 Å². The van der Waals surface area contributed by atoms with Crippen molar-refractivity contribution in [3.8, 4) is 22.5 Å². The number of nitrogens with one attached hydrogen (secondary N) is 1. The van der Waals surface area contributed by atoms with Crippen LogP contribution in [0.5, 0.6) is 0 Å². The molecule has 0 bridgehead atoms. The van der Waals surface area contributed by atoms with Gasteiger partial charge in [0.2, 0.25) is 5.82 Å². The SMILES string of the molecule is CCc1cc(NCc2ccc(-c3ccccc3-c3nnn(C(c4ccccc4)(c4ccccc4)c4ccccc4)n3)cc2)c(Br)c(CC)n1. The van der Waals surface area contributed by atoms with Gasteiger partial charge in [-0.25, -0.2) is 0 Å². The van der Waals surface area contributed by atoms with Gasteiger partial charge in [-0.15, -0.1) is 15.0 Å². The smallest absolute Gasteiger partial charge is 0.205 e. The molecule has 0 unspecified atom stereocenters. The molecule has 2 aromatic heterocycles. The molecule has 7 heteroatoms. The van der Waals surface area contributed by atoms with E-state index in [-0.39, 0.29) is 0 Å². The van der Waals surface area contributed by atoms with Gasteiger partial charge >= 0.3 is 0 Å². The van der Waals surface area contributed by atoms with Gasteiger partial charge in [0.25, 0.3) is 0 Å². The zero-order valence-corrected chi connectivity index (χ0v) is 29.2. The molecule has 242 valence electrons. The summed E-state index contributed by atoms with van der Waals surface area (Å²) in [5.41, 5.74) is 9.78. The first kappa shape index (κ1) is 32.2. The Bertz CT molecular complexity index is 2050. The molecule has 7 aromatic rings. The van der Waals surface area contributed by atoms with Gasteiger partial charge in [0.05, 0.1) is 15.9 Å². The average molecular weight is 706 g/mol. The largest absolute Gasteiger partial charge is 0.380 e. The van der Waals surface area contributed by atoms with E-state index in [2.05, 4.69) is 156 Å². The van der Waals surface area contributed by atoms with E-state index in [0.29, 0.717) is 12.4 Å². The Balaban J connectivity index is 1.24. The molecular weight excluding hydrogens is 668 g/mol. The lowest BCUT2D eigenvalue weighted by molar-refractivity contribution is 0.396. The molecule has 49 heavy (non-hydrogen) atoms. The summed E-state index contributed by atoms with van der Waals surface area (Å²) in [6.07, 6.45) is 1.78. The van der Waals surface area contributed by atoms with E-state index in [4.69, 9.17) is 20.4 Å². The van der Waals surface area contributed by atoms with E-state index < -0.39 is 5.54 Å². The van der Waals surface area contributed by atoms with E-state index in [1.54, 1.807) is 4.80 Å². The highest BCUT2D eigenvalue weighted by Gasteiger charge is 2.41. The Morgan fingerprint density at radius 3 is 1.76 bits per heavy atom. The van der Waals surface area contributed by atoms with Crippen LogP contribution in [-0.2, 0) is 24.9 Å². The molecule has 5 aromatic carbocycles. The summed E-state index contributed by atoms with van der Waals surface area (Å²) in [6.45, 7) is 4.97. The second-order valence-electron chi connectivity index (χ2n) is 11.9. The number of tetrazole rings is 1. The summed E-state index contributed by atoms with van der Waals surface area (Å²) in [7, 11) is 0. The third-order valence-corrected chi connectivity index (χ3v) is 9.87. The minimum absolute atomic E-state index is 0.564. The first-order valence-corrected chi connectivity index (χ1v) is 17.5. The fraction of sp³-hybridized carbons (Fsp3) is 0.143. The van der Waals surface area contributed by atoms with Crippen molar-refractivity contribution in [2.24, 2.45) is 0 Å². The zero-order chi connectivity index (χ0) is 33.6. The minimum Gasteiger partial charge on any atom is -0.380 e. The van der Waals surface area contributed by atoms with Crippen molar-refractivity contribution in [3.05, 3.63) is 184 Å². The third-order valence-electron chi connectivity index (χ3n) is 8.98. The molecule has 7 rings (SSSR count). The number of halogens is 1. The van der Waals surface area contributed by atoms with Crippen molar-refractivity contribution >= 4 is 21.6 Å². The Morgan fingerprint density at radius 1 is 0.653 bits per heavy atom. The number of aromatic nitrogens is 5. The molecule has 1 N–H and O–H groups in total. The van der Waals surface area contributed by atoms with Crippen LogP contribution in [-0.4, -0.2) is 25.2 Å². The second-order valence-corrected chi connectivity index (χ2v) is 12.7. The molecule has 0 saturated carbocycles. The summed E-state index contributed by atoms with van der Waals surface area (Å²) in [5.74, 6) is 0.564. The van der Waals surface area contributed by atoms with E-state index in [0.717, 1.165) is 67.8 Å². The van der Waals surface area contributed by atoms with Crippen LogP contribution in [0, 0.1) is 0 Å². The summed E-state index contributed by atoms with van der Waals surface area (Å²) >= 11 is 3.76. The number of nitrogens with zero attached hydrogens (tertiary/aromatic N) is 5. The van der Waals surface area contributed by atoms with Crippen LogP contribution in [0.15, 0.2) is 150 Å². The van der Waals surface area contributed by atoms with Crippen molar-refractivity contribution in [2.75, 3.05) is 5.32 Å². The second kappa shape index (κ2) is 14.4. The summed E-state index contributed by atoms with van der Waals surface area (Å²) in [6, 6.07) is 50.3. The standard InChI is InChI=1S/C42H37BrN6/c1-3-35-28-39(40(43)38(4-2)45-35)44-29-30-24-26-31(27-25-30)36-22-14-15-23-37(36)41-46-48-49(47-41)42(32-16-8-5-9-17-32,33-18-10-6-11-19-33)34-20-12-7-13-21-34/h5-28H,3-4,29H2,1-2H3,(H,44,45). The van der Waals surface area contributed by atoms with E-state index in [1.807, 2.05) is 24.3 Å². The van der Waals surface area contributed by atoms with Gasteiger partial charge in [-0.1, -0.05) is 153 Å².